The highest BCUT2D eigenvalue weighted by Crippen LogP contribution is 2.29. The van der Waals surface area contributed by atoms with Crippen molar-refractivity contribution in [1.29, 1.82) is 0 Å². The first-order valence-corrected chi connectivity index (χ1v) is 9.85. The Kier molecular flexibility index (Phi) is 5.83. The first kappa shape index (κ1) is 19.8. The molecule has 2 aromatic carbocycles. The number of nitrogens with zero attached hydrogens (tertiary/aromatic N) is 3. The van der Waals surface area contributed by atoms with Gasteiger partial charge < -0.3 is 24.2 Å². The number of likely N-dealkylation sites (tertiary alicyclic amines) is 1. The number of hydrogen-bond acceptors (Lipinski definition) is 6. The zero-order valence-corrected chi connectivity index (χ0v) is 17.0. The first-order valence-electron chi connectivity index (χ1n) is 9.85. The lowest BCUT2D eigenvalue weighted by Crippen LogP contribution is -2.41. The molecule has 1 saturated heterocycles. The van der Waals surface area contributed by atoms with Gasteiger partial charge in [0.05, 0.1) is 25.8 Å². The van der Waals surface area contributed by atoms with Crippen LogP contribution in [0.25, 0.3) is 11.4 Å². The number of rotatable bonds is 5. The molecule has 2 heterocycles. The van der Waals surface area contributed by atoms with E-state index in [2.05, 4.69) is 15.5 Å². The summed E-state index contributed by atoms with van der Waals surface area (Å²) in [6.45, 7) is 1.20. The van der Waals surface area contributed by atoms with Gasteiger partial charge in [0, 0.05) is 18.7 Å². The lowest BCUT2D eigenvalue weighted by molar-refractivity contribution is 0.184. The van der Waals surface area contributed by atoms with Gasteiger partial charge in [0.1, 0.15) is 11.5 Å². The number of anilines is 1. The molecular formula is C22H24N4O4. The van der Waals surface area contributed by atoms with Crippen molar-refractivity contribution in [3.05, 3.63) is 54.4 Å². The van der Waals surface area contributed by atoms with Crippen LogP contribution >= 0.6 is 0 Å². The largest absolute Gasteiger partial charge is 0.497 e. The van der Waals surface area contributed by atoms with E-state index in [0.29, 0.717) is 36.2 Å². The van der Waals surface area contributed by atoms with Gasteiger partial charge in [-0.05, 0) is 49.2 Å². The number of ether oxygens (including phenoxy) is 2. The van der Waals surface area contributed by atoms with Crippen molar-refractivity contribution in [2.45, 2.75) is 18.8 Å². The maximum absolute atomic E-state index is 12.8. The van der Waals surface area contributed by atoms with E-state index in [-0.39, 0.29) is 11.9 Å². The summed E-state index contributed by atoms with van der Waals surface area (Å²) in [7, 11) is 3.21. The molecule has 1 atom stereocenters. The number of methoxy groups -OCH3 is 2. The van der Waals surface area contributed by atoms with Crippen LogP contribution in [0.1, 0.15) is 24.7 Å². The van der Waals surface area contributed by atoms with Crippen molar-refractivity contribution >= 4 is 11.7 Å². The number of urea groups is 1. The lowest BCUT2D eigenvalue weighted by atomic mass is 9.98. The summed E-state index contributed by atoms with van der Waals surface area (Å²) in [5.41, 5.74) is 1.50. The van der Waals surface area contributed by atoms with Crippen molar-refractivity contribution in [3.8, 4) is 22.9 Å². The molecule has 1 N–H and O–H groups in total. The molecule has 0 spiro atoms. The molecule has 8 nitrogen and oxygen atoms in total. The van der Waals surface area contributed by atoms with Gasteiger partial charge in [-0.3, -0.25) is 0 Å². The minimum atomic E-state index is -0.168. The fourth-order valence-corrected chi connectivity index (χ4v) is 3.56. The SMILES string of the molecule is COc1ccc(-c2noc(C3CCCN(C(=O)Nc4ccccc4OC)C3)n2)cc1. The van der Waals surface area contributed by atoms with Crippen molar-refractivity contribution < 1.29 is 18.8 Å². The third-order valence-corrected chi connectivity index (χ3v) is 5.20. The average Bonchev–Trinajstić information content (AvgIpc) is 3.30. The molecule has 1 aromatic heterocycles. The topological polar surface area (TPSA) is 89.7 Å². The Hall–Kier alpha value is -3.55. The average molecular weight is 408 g/mol. The van der Waals surface area contributed by atoms with Crippen LogP contribution in [-0.2, 0) is 0 Å². The zero-order valence-electron chi connectivity index (χ0n) is 17.0. The van der Waals surface area contributed by atoms with Gasteiger partial charge >= 0.3 is 6.03 Å². The number of carbonyl (C=O) groups excluding carboxylic acids is 1. The van der Waals surface area contributed by atoms with E-state index in [1.165, 1.54) is 0 Å². The quantitative estimate of drug-likeness (QED) is 0.682. The number of amides is 2. The second-order valence-corrected chi connectivity index (χ2v) is 7.10. The molecular weight excluding hydrogens is 384 g/mol. The highest BCUT2D eigenvalue weighted by molar-refractivity contribution is 5.91. The van der Waals surface area contributed by atoms with Crippen LogP contribution in [0.15, 0.2) is 53.1 Å². The molecule has 156 valence electrons. The van der Waals surface area contributed by atoms with E-state index in [4.69, 9.17) is 14.0 Å². The van der Waals surface area contributed by atoms with Crippen LogP contribution in [0.3, 0.4) is 0 Å². The standard InChI is InChI=1S/C22H24N4O4/c1-28-17-11-9-15(10-12-17)20-24-21(30-25-20)16-6-5-13-26(14-16)22(27)23-18-7-3-4-8-19(18)29-2/h3-4,7-12,16H,5-6,13-14H2,1-2H3,(H,23,27). The number of hydrogen-bond donors (Lipinski definition) is 1. The van der Waals surface area contributed by atoms with Crippen LogP contribution in [0.5, 0.6) is 11.5 Å². The summed E-state index contributed by atoms with van der Waals surface area (Å²) in [6, 6.07) is 14.7. The van der Waals surface area contributed by atoms with Crippen LogP contribution in [-0.4, -0.2) is 48.4 Å². The Morgan fingerprint density at radius 1 is 1.13 bits per heavy atom. The highest BCUT2D eigenvalue weighted by Gasteiger charge is 2.29. The molecule has 1 fully saturated rings. The first-order chi connectivity index (χ1) is 14.7. The predicted molar refractivity (Wildman–Crippen MR) is 112 cm³/mol. The van der Waals surface area contributed by atoms with Crippen molar-refractivity contribution in [1.82, 2.24) is 15.0 Å². The Morgan fingerprint density at radius 2 is 1.93 bits per heavy atom. The van der Waals surface area contributed by atoms with Gasteiger partial charge in [-0.1, -0.05) is 17.3 Å². The smallest absolute Gasteiger partial charge is 0.321 e. The molecule has 1 unspecified atom stereocenters. The molecule has 1 aliphatic heterocycles. The van der Waals surface area contributed by atoms with E-state index >= 15 is 0 Å². The van der Waals surface area contributed by atoms with Gasteiger partial charge in [-0.2, -0.15) is 4.98 Å². The summed E-state index contributed by atoms with van der Waals surface area (Å²) < 4.78 is 16.0. The Labute approximate surface area is 174 Å². The maximum atomic E-state index is 12.8. The van der Waals surface area contributed by atoms with E-state index in [1.54, 1.807) is 19.1 Å². The summed E-state index contributed by atoms with van der Waals surface area (Å²) in [5, 5.41) is 7.04. The van der Waals surface area contributed by atoms with E-state index in [1.807, 2.05) is 48.5 Å². The Bertz CT molecular complexity index is 1000. The number of nitrogens with one attached hydrogen (secondary N) is 1. The molecule has 4 rings (SSSR count). The van der Waals surface area contributed by atoms with Crippen LogP contribution in [0.4, 0.5) is 10.5 Å². The number of piperidine rings is 1. The summed E-state index contributed by atoms with van der Waals surface area (Å²) >= 11 is 0. The second-order valence-electron chi connectivity index (χ2n) is 7.10. The summed E-state index contributed by atoms with van der Waals surface area (Å²) in [6.07, 6.45) is 1.76. The normalized spacial score (nSPS) is 16.2. The lowest BCUT2D eigenvalue weighted by Gasteiger charge is -2.31. The fraction of sp³-hybridized carbons (Fsp3) is 0.318. The molecule has 0 aliphatic carbocycles. The molecule has 0 radical (unpaired) electrons. The molecule has 30 heavy (non-hydrogen) atoms. The molecule has 3 aromatic rings. The Morgan fingerprint density at radius 3 is 2.70 bits per heavy atom. The minimum absolute atomic E-state index is 0.00154. The number of aromatic nitrogens is 2. The van der Waals surface area contributed by atoms with Gasteiger partial charge in [0.15, 0.2) is 0 Å². The van der Waals surface area contributed by atoms with Gasteiger partial charge in [-0.15, -0.1) is 0 Å². The molecule has 8 heteroatoms. The van der Waals surface area contributed by atoms with Crippen molar-refractivity contribution in [3.63, 3.8) is 0 Å². The number of para-hydroxylation sites is 2. The van der Waals surface area contributed by atoms with E-state index in [0.717, 1.165) is 24.2 Å². The zero-order chi connectivity index (χ0) is 20.9. The molecule has 2 amide bonds. The molecule has 0 saturated carbocycles. The van der Waals surface area contributed by atoms with Crippen molar-refractivity contribution in [2.24, 2.45) is 0 Å². The summed E-state index contributed by atoms with van der Waals surface area (Å²) in [5.74, 6) is 2.48. The van der Waals surface area contributed by atoms with Gasteiger partial charge in [-0.25, -0.2) is 4.79 Å². The fourth-order valence-electron chi connectivity index (χ4n) is 3.56. The van der Waals surface area contributed by atoms with Crippen LogP contribution in [0, 0.1) is 0 Å². The van der Waals surface area contributed by atoms with Gasteiger partial charge in [0.2, 0.25) is 11.7 Å². The third-order valence-electron chi connectivity index (χ3n) is 5.20. The maximum Gasteiger partial charge on any atom is 0.321 e. The van der Waals surface area contributed by atoms with E-state index in [9.17, 15) is 4.79 Å². The van der Waals surface area contributed by atoms with Crippen LogP contribution in [0.2, 0.25) is 0 Å². The third kappa shape index (κ3) is 4.22. The molecule has 0 bridgehead atoms. The number of carbonyl (C=O) groups is 1. The van der Waals surface area contributed by atoms with Crippen molar-refractivity contribution in [2.75, 3.05) is 32.6 Å². The highest BCUT2D eigenvalue weighted by atomic mass is 16.5. The molecule has 1 aliphatic rings. The summed E-state index contributed by atoms with van der Waals surface area (Å²) in [4.78, 5) is 19.1. The predicted octanol–water partition coefficient (Wildman–Crippen LogP) is 4.17. The Balaban J connectivity index is 1.43. The monoisotopic (exact) mass is 408 g/mol. The van der Waals surface area contributed by atoms with Gasteiger partial charge in [0.25, 0.3) is 0 Å². The minimum Gasteiger partial charge on any atom is -0.497 e. The van der Waals surface area contributed by atoms with Crippen LogP contribution < -0.4 is 14.8 Å². The number of benzene rings is 2. The van der Waals surface area contributed by atoms with E-state index < -0.39 is 0 Å². The second kappa shape index (κ2) is 8.86.